The van der Waals surface area contributed by atoms with Crippen molar-refractivity contribution in [2.45, 2.75) is 6.17 Å². The first-order valence-electron chi connectivity index (χ1n) is 5.56. The summed E-state index contributed by atoms with van der Waals surface area (Å²) in [4.78, 5) is 13.5. The number of amides is 1. The Morgan fingerprint density at radius 2 is 2.17 bits per heavy atom. The van der Waals surface area contributed by atoms with Crippen molar-refractivity contribution in [2.24, 2.45) is 5.92 Å². The Balaban J connectivity index is 1.99. The quantitative estimate of drug-likeness (QED) is 0.629. The number of carbonyl (C=O) groups is 1. The van der Waals surface area contributed by atoms with Crippen LogP contribution in [0.4, 0.5) is 10.1 Å². The molecule has 2 saturated heterocycles. The van der Waals surface area contributed by atoms with Crippen molar-refractivity contribution < 1.29 is 9.18 Å². The Kier molecular flexibility index (Phi) is 2.73. The molecule has 2 aliphatic rings. The van der Waals surface area contributed by atoms with Crippen LogP contribution < -0.4 is 21.1 Å². The lowest BCUT2D eigenvalue weighted by molar-refractivity contribution is -0.122. The van der Waals surface area contributed by atoms with Crippen molar-refractivity contribution in [1.82, 2.24) is 16.2 Å². The molecule has 2 fully saturated rings. The van der Waals surface area contributed by atoms with Crippen molar-refractivity contribution in [3.63, 3.8) is 0 Å². The molecule has 7 heteroatoms. The van der Waals surface area contributed by atoms with E-state index in [1.165, 1.54) is 17.0 Å². The van der Waals surface area contributed by atoms with E-state index in [0.717, 1.165) is 0 Å². The van der Waals surface area contributed by atoms with Crippen molar-refractivity contribution in [1.29, 1.82) is 0 Å². The van der Waals surface area contributed by atoms with Crippen molar-refractivity contribution >= 4 is 28.9 Å². The number of anilines is 1. The minimum Gasteiger partial charge on any atom is -0.345 e. The van der Waals surface area contributed by atoms with Crippen molar-refractivity contribution in [3.05, 3.63) is 30.1 Å². The number of halogens is 1. The number of fused-ring (bicyclic) bond motifs is 1. The minimum atomic E-state index is -0.465. The Labute approximate surface area is 108 Å². The summed E-state index contributed by atoms with van der Waals surface area (Å²) in [6.45, 7) is 0.490. The van der Waals surface area contributed by atoms with Crippen LogP contribution in [0, 0.1) is 11.7 Å². The molecule has 0 spiro atoms. The number of hydrogen-bond donors (Lipinski definition) is 3. The van der Waals surface area contributed by atoms with E-state index in [2.05, 4.69) is 16.2 Å². The summed E-state index contributed by atoms with van der Waals surface area (Å²) in [6.07, 6.45) is -0.229. The molecule has 1 aromatic rings. The van der Waals surface area contributed by atoms with E-state index in [9.17, 15) is 9.18 Å². The third-order valence-corrected chi connectivity index (χ3v) is 3.40. The average Bonchev–Trinajstić information content (AvgIpc) is 2.79. The zero-order valence-electron chi connectivity index (χ0n) is 9.31. The van der Waals surface area contributed by atoms with Gasteiger partial charge in [0.15, 0.2) is 5.11 Å². The normalized spacial score (nSPS) is 27.1. The van der Waals surface area contributed by atoms with E-state index < -0.39 is 5.82 Å². The molecule has 0 saturated carbocycles. The van der Waals surface area contributed by atoms with Crippen molar-refractivity contribution in [3.8, 4) is 0 Å². The topological polar surface area (TPSA) is 56.4 Å². The van der Waals surface area contributed by atoms with Gasteiger partial charge in [0, 0.05) is 6.54 Å². The molecule has 1 aromatic carbocycles. The molecule has 18 heavy (non-hydrogen) atoms. The van der Waals surface area contributed by atoms with E-state index in [-0.39, 0.29) is 28.8 Å². The fourth-order valence-electron chi connectivity index (χ4n) is 2.19. The smallest absolute Gasteiger partial charge is 0.241 e. The Morgan fingerprint density at radius 3 is 2.94 bits per heavy atom. The summed E-state index contributed by atoms with van der Waals surface area (Å²) in [5, 5.41) is 3.19. The summed E-state index contributed by atoms with van der Waals surface area (Å²) in [5.41, 5.74) is 5.99. The molecule has 2 heterocycles. The van der Waals surface area contributed by atoms with E-state index in [0.29, 0.717) is 6.54 Å². The van der Waals surface area contributed by atoms with E-state index in [1.807, 2.05) is 0 Å². The lowest BCUT2D eigenvalue weighted by Crippen LogP contribution is -2.62. The number of nitrogens with zero attached hydrogens (tertiary/aromatic N) is 1. The number of hydrazine groups is 1. The summed E-state index contributed by atoms with van der Waals surface area (Å²) in [5.74, 6) is -0.963. The van der Waals surface area contributed by atoms with Gasteiger partial charge in [0.1, 0.15) is 12.0 Å². The van der Waals surface area contributed by atoms with Crippen LogP contribution in [-0.2, 0) is 4.79 Å². The standard InChI is InChI=1S/C11H11FN4OS/c12-7-3-1-2-4-8(7)16-10(17)6-5-13-15-9(6)14-11(16)18/h1-4,6,9,13,15H,5H2,(H,14,18). The monoisotopic (exact) mass is 266 g/mol. The molecular weight excluding hydrogens is 255 g/mol. The summed E-state index contributed by atoms with van der Waals surface area (Å²) < 4.78 is 13.8. The number of benzene rings is 1. The first-order chi connectivity index (χ1) is 8.68. The van der Waals surface area contributed by atoms with E-state index in [1.54, 1.807) is 12.1 Å². The van der Waals surface area contributed by atoms with Gasteiger partial charge in [-0.1, -0.05) is 12.1 Å². The molecule has 0 bridgehead atoms. The van der Waals surface area contributed by atoms with E-state index >= 15 is 0 Å². The fraction of sp³-hybridized carbons (Fsp3) is 0.273. The van der Waals surface area contributed by atoms with Crippen LogP contribution in [0.1, 0.15) is 0 Å². The predicted molar refractivity (Wildman–Crippen MR) is 68.0 cm³/mol. The maximum Gasteiger partial charge on any atom is 0.241 e. The fourth-order valence-corrected chi connectivity index (χ4v) is 2.50. The number of hydrogen-bond acceptors (Lipinski definition) is 4. The molecule has 2 aliphatic heterocycles. The Morgan fingerprint density at radius 1 is 1.39 bits per heavy atom. The molecule has 0 aliphatic carbocycles. The SMILES string of the molecule is O=C1C2CNNC2NC(=S)N1c1ccccc1F. The van der Waals surface area contributed by atoms with Crippen molar-refractivity contribution in [2.75, 3.05) is 11.4 Å². The minimum absolute atomic E-state index is 0.186. The second-order valence-electron chi connectivity index (χ2n) is 4.18. The highest BCUT2D eigenvalue weighted by Crippen LogP contribution is 2.25. The summed E-state index contributed by atoms with van der Waals surface area (Å²) in [7, 11) is 0. The second-order valence-corrected chi connectivity index (χ2v) is 4.57. The van der Waals surface area contributed by atoms with Gasteiger partial charge in [0.25, 0.3) is 0 Å². The molecule has 3 rings (SSSR count). The highest BCUT2D eigenvalue weighted by atomic mass is 32.1. The number of thiocarbonyl (C=S) groups is 1. The van der Waals surface area contributed by atoms with Gasteiger partial charge in [-0.05, 0) is 24.4 Å². The van der Waals surface area contributed by atoms with Crippen LogP contribution in [-0.4, -0.2) is 23.7 Å². The molecule has 2 unspecified atom stereocenters. The highest BCUT2D eigenvalue weighted by molar-refractivity contribution is 7.80. The van der Waals surface area contributed by atoms with Gasteiger partial charge in [-0.2, -0.15) is 0 Å². The highest BCUT2D eigenvalue weighted by Gasteiger charge is 2.43. The van der Waals surface area contributed by atoms with Crippen LogP contribution in [0.2, 0.25) is 0 Å². The maximum absolute atomic E-state index is 13.8. The van der Waals surface area contributed by atoms with Gasteiger partial charge in [-0.3, -0.25) is 15.1 Å². The van der Waals surface area contributed by atoms with Gasteiger partial charge in [0.05, 0.1) is 11.6 Å². The summed E-state index contributed by atoms with van der Waals surface area (Å²) >= 11 is 5.13. The first-order valence-corrected chi connectivity index (χ1v) is 5.96. The van der Waals surface area contributed by atoms with Gasteiger partial charge >= 0.3 is 0 Å². The third-order valence-electron chi connectivity index (χ3n) is 3.09. The molecule has 5 nitrogen and oxygen atoms in total. The molecular formula is C11H11FN4OS. The van der Waals surface area contributed by atoms with Gasteiger partial charge in [-0.25, -0.2) is 9.82 Å². The Hall–Kier alpha value is -1.57. The lowest BCUT2D eigenvalue weighted by atomic mass is 10.0. The molecule has 3 N–H and O–H groups in total. The largest absolute Gasteiger partial charge is 0.345 e. The zero-order chi connectivity index (χ0) is 12.7. The van der Waals surface area contributed by atoms with Crippen LogP contribution in [0.5, 0.6) is 0 Å². The third kappa shape index (κ3) is 1.67. The molecule has 94 valence electrons. The molecule has 1 amide bonds. The number of carbonyl (C=O) groups excluding carboxylic acids is 1. The molecule has 0 aromatic heterocycles. The average molecular weight is 266 g/mol. The van der Waals surface area contributed by atoms with E-state index in [4.69, 9.17) is 12.2 Å². The van der Waals surface area contributed by atoms with Gasteiger partial charge in [0.2, 0.25) is 5.91 Å². The van der Waals surface area contributed by atoms with Gasteiger partial charge < -0.3 is 5.32 Å². The first kappa shape index (κ1) is 11.5. The van der Waals surface area contributed by atoms with Crippen LogP contribution in [0.15, 0.2) is 24.3 Å². The maximum atomic E-state index is 13.8. The van der Waals surface area contributed by atoms with Crippen LogP contribution in [0.25, 0.3) is 0 Å². The van der Waals surface area contributed by atoms with Crippen LogP contribution >= 0.6 is 12.2 Å². The number of nitrogens with one attached hydrogen (secondary N) is 3. The van der Waals surface area contributed by atoms with Crippen LogP contribution in [0.3, 0.4) is 0 Å². The summed E-state index contributed by atoms with van der Waals surface area (Å²) in [6, 6.07) is 6.09. The molecule has 0 radical (unpaired) electrons. The zero-order valence-corrected chi connectivity index (χ0v) is 10.1. The Bertz CT molecular complexity index is 524. The van der Waals surface area contributed by atoms with Gasteiger partial charge in [-0.15, -0.1) is 0 Å². The second kappa shape index (κ2) is 4.27. The predicted octanol–water partition coefficient (Wildman–Crippen LogP) is 0.0969. The molecule has 2 atom stereocenters. The lowest BCUT2D eigenvalue weighted by Gasteiger charge is -2.35. The number of rotatable bonds is 1. The number of para-hydroxylation sites is 1.